The summed E-state index contributed by atoms with van der Waals surface area (Å²) in [5.41, 5.74) is 0.832. The van der Waals surface area contributed by atoms with Crippen LogP contribution in [0.3, 0.4) is 0 Å². The fourth-order valence-electron chi connectivity index (χ4n) is 1.15. The van der Waals surface area contributed by atoms with E-state index in [2.05, 4.69) is 46.5 Å². The zero-order chi connectivity index (χ0) is 11.6. The third kappa shape index (κ3) is 2.66. The van der Waals surface area contributed by atoms with E-state index in [1.807, 2.05) is 0 Å². The first-order chi connectivity index (χ1) is 7.54. The van der Waals surface area contributed by atoms with Crippen LogP contribution in [0.4, 0.5) is 0 Å². The molecule has 0 bridgehead atoms. The van der Waals surface area contributed by atoms with Gasteiger partial charge in [-0.3, -0.25) is 5.10 Å². The van der Waals surface area contributed by atoms with E-state index < -0.39 is 0 Å². The van der Waals surface area contributed by atoms with Crippen molar-refractivity contribution in [2.75, 3.05) is 0 Å². The van der Waals surface area contributed by atoms with E-state index in [-0.39, 0.29) is 5.54 Å². The van der Waals surface area contributed by atoms with Crippen LogP contribution in [-0.4, -0.2) is 25.9 Å². The Balaban J connectivity index is 2.03. The molecule has 0 spiro atoms. The highest BCUT2D eigenvalue weighted by Crippen LogP contribution is 2.15. The summed E-state index contributed by atoms with van der Waals surface area (Å²) in [7, 11) is 0. The number of hydrogen-bond donors (Lipinski definition) is 2. The molecule has 6 heteroatoms. The van der Waals surface area contributed by atoms with Gasteiger partial charge < -0.3 is 9.73 Å². The first-order valence-corrected chi connectivity index (χ1v) is 5.11. The van der Waals surface area contributed by atoms with E-state index in [4.69, 9.17) is 4.42 Å². The van der Waals surface area contributed by atoms with Gasteiger partial charge >= 0.3 is 0 Å². The number of aromatic amines is 1. The summed E-state index contributed by atoms with van der Waals surface area (Å²) in [4.78, 5) is 0. The first-order valence-electron chi connectivity index (χ1n) is 5.11. The molecule has 0 aliphatic rings. The fourth-order valence-corrected chi connectivity index (χ4v) is 1.15. The molecule has 0 saturated heterocycles. The third-order valence-electron chi connectivity index (χ3n) is 1.98. The predicted octanol–water partition coefficient (Wildman–Crippen LogP) is 1.35. The number of nitrogens with zero attached hydrogens (tertiary/aromatic N) is 3. The molecule has 0 fully saturated rings. The van der Waals surface area contributed by atoms with E-state index >= 15 is 0 Å². The van der Waals surface area contributed by atoms with Crippen molar-refractivity contribution >= 4 is 0 Å². The predicted molar refractivity (Wildman–Crippen MR) is 58.5 cm³/mol. The lowest BCUT2D eigenvalue weighted by Crippen LogP contribution is -2.35. The molecule has 2 aromatic rings. The molecule has 0 amide bonds. The monoisotopic (exact) mass is 221 g/mol. The van der Waals surface area contributed by atoms with Gasteiger partial charge in [0.1, 0.15) is 0 Å². The van der Waals surface area contributed by atoms with Gasteiger partial charge in [0.15, 0.2) is 0 Å². The molecule has 0 atom stereocenters. The topological polar surface area (TPSA) is 79.6 Å². The zero-order valence-electron chi connectivity index (χ0n) is 9.61. The lowest BCUT2D eigenvalue weighted by Gasteiger charge is -2.18. The standard InChI is InChI=1S/C10H15N5O/c1-10(2,3)11-6-8-14-15-9(16-8)7-4-12-13-5-7/h4-5,11H,6H2,1-3H3,(H,12,13). The second kappa shape index (κ2) is 4.05. The molecule has 0 saturated carbocycles. The Morgan fingerprint density at radius 3 is 2.81 bits per heavy atom. The number of rotatable bonds is 3. The van der Waals surface area contributed by atoms with Crippen molar-refractivity contribution in [2.45, 2.75) is 32.9 Å². The summed E-state index contributed by atoms with van der Waals surface area (Å²) in [5.74, 6) is 1.06. The van der Waals surface area contributed by atoms with Gasteiger partial charge in [-0.1, -0.05) is 0 Å². The van der Waals surface area contributed by atoms with Gasteiger partial charge in [0.05, 0.1) is 18.3 Å². The molecule has 2 rings (SSSR count). The minimum absolute atomic E-state index is 0.0320. The smallest absolute Gasteiger partial charge is 0.250 e. The molecule has 0 radical (unpaired) electrons. The Labute approximate surface area is 93.5 Å². The van der Waals surface area contributed by atoms with Crippen LogP contribution in [0.25, 0.3) is 11.5 Å². The zero-order valence-corrected chi connectivity index (χ0v) is 9.61. The molecule has 0 unspecified atom stereocenters. The Bertz CT molecular complexity index is 440. The van der Waals surface area contributed by atoms with Crippen LogP contribution in [0.15, 0.2) is 16.8 Å². The van der Waals surface area contributed by atoms with Crippen molar-refractivity contribution < 1.29 is 4.42 Å². The Kier molecular flexibility index (Phi) is 2.74. The van der Waals surface area contributed by atoms with Crippen LogP contribution in [-0.2, 0) is 6.54 Å². The molecule has 16 heavy (non-hydrogen) atoms. The minimum Gasteiger partial charge on any atom is -0.419 e. The third-order valence-corrected chi connectivity index (χ3v) is 1.98. The summed E-state index contributed by atoms with van der Waals surface area (Å²) in [5, 5.41) is 17.7. The highest BCUT2D eigenvalue weighted by Gasteiger charge is 2.13. The summed E-state index contributed by atoms with van der Waals surface area (Å²) >= 11 is 0. The quantitative estimate of drug-likeness (QED) is 0.817. The van der Waals surface area contributed by atoms with Gasteiger partial charge in [-0.2, -0.15) is 5.10 Å². The van der Waals surface area contributed by atoms with E-state index in [1.54, 1.807) is 12.4 Å². The lowest BCUT2D eigenvalue weighted by molar-refractivity contribution is 0.383. The Hall–Kier alpha value is -1.69. The van der Waals surface area contributed by atoms with Crippen LogP contribution in [0.5, 0.6) is 0 Å². The van der Waals surface area contributed by atoms with Gasteiger partial charge in [-0.25, -0.2) is 0 Å². The van der Waals surface area contributed by atoms with Gasteiger partial charge in [0.2, 0.25) is 5.89 Å². The van der Waals surface area contributed by atoms with Crippen molar-refractivity contribution in [1.82, 2.24) is 25.7 Å². The maximum Gasteiger partial charge on any atom is 0.250 e. The van der Waals surface area contributed by atoms with Gasteiger partial charge in [0.25, 0.3) is 5.89 Å². The number of nitrogens with one attached hydrogen (secondary N) is 2. The lowest BCUT2D eigenvalue weighted by atomic mass is 10.1. The van der Waals surface area contributed by atoms with Crippen molar-refractivity contribution in [1.29, 1.82) is 0 Å². The SMILES string of the molecule is CC(C)(C)NCc1nnc(-c2cn[nH]c2)o1. The molecule has 0 aliphatic carbocycles. The normalized spacial score (nSPS) is 11.9. The largest absolute Gasteiger partial charge is 0.419 e. The van der Waals surface area contributed by atoms with Gasteiger partial charge in [0, 0.05) is 11.7 Å². The summed E-state index contributed by atoms with van der Waals surface area (Å²) in [6.45, 7) is 6.81. The molecule has 2 N–H and O–H groups in total. The summed E-state index contributed by atoms with van der Waals surface area (Å²) < 4.78 is 5.48. The molecular weight excluding hydrogens is 206 g/mol. The summed E-state index contributed by atoms with van der Waals surface area (Å²) in [6.07, 6.45) is 3.36. The molecule has 86 valence electrons. The van der Waals surface area contributed by atoms with E-state index in [0.717, 1.165) is 5.56 Å². The maximum absolute atomic E-state index is 5.48. The summed E-state index contributed by atoms with van der Waals surface area (Å²) in [6, 6.07) is 0. The second-order valence-electron chi connectivity index (χ2n) is 4.59. The van der Waals surface area contributed by atoms with Crippen molar-refractivity contribution in [3.05, 3.63) is 18.3 Å². The van der Waals surface area contributed by atoms with Gasteiger partial charge in [-0.15, -0.1) is 10.2 Å². The molecule has 0 aromatic carbocycles. The van der Waals surface area contributed by atoms with E-state index in [0.29, 0.717) is 18.3 Å². The van der Waals surface area contributed by atoms with Gasteiger partial charge in [-0.05, 0) is 20.8 Å². The van der Waals surface area contributed by atoms with E-state index in [9.17, 15) is 0 Å². The highest BCUT2D eigenvalue weighted by molar-refractivity contribution is 5.48. The molecule has 2 aromatic heterocycles. The van der Waals surface area contributed by atoms with Crippen molar-refractivity contribution in [3.8, 4) is 11.5 Å². The average molecular weight is 221 g/mol. The highest BCUT2D eigenvalue weighted by atomic mass is 16.4. The fraction of sp³-hybridized carbons (Fsp3) is 0.500. The van der Waals surface area contributed by atoms with Crippen LogP contribution in [0.2, 0.25) is 0 Å². The van der Waals surface area contributed by atoms with Crippen LogP contribution in [0.1, 0.15) is 26.7 Å². The van der Waals surface area contributed by atoms with Crippen LogP contribution in [0, 0.1) is 0 Å². The number of hydrogen-bond acceptors (Lipinski definition) is 5. The minimum atomic E-state index is 0.0320. The maximum atomic E-state index is 5.48. The Morgan fingerprint density at radius 2 is 2.19 bits per heavy atom. The van der Waals surface area contributed by atoms with Crippen LogP contribution >= 0.6 is 0 Å². The second-order valence-corrected chi connectivity index (χ2v) is 4.59. The average Bonchev–Trinajstić information content (AvgIpc) is 2.84. The molecule has 2 heterocycles. The van der Waals surface area contributed by atoms with Crippen molar-refractivity contribution in [2.24, 2.45) is 0 Å². The molecule has 0 aliphatic heterocycles. The first kappa shape index (κ1) is 10.8. The Morgan fingerprint density at radius 1 is 1.38 bits per heavy atom. The number of H-pyrrole nitrogens is 1. The molecular formula is C10H15N5O. The van der Waals surface area contributed by atoms with Crippen LogP contribution < -0.4 is 5.32 Å². The van der Waals surface area contributed by atoms with Crippen molar-refractivity contribution in [3.63, 3.8) is 0 Å². The number of aromatic nitrogens is 4. The van der Waals surface area contributed by atoms with E-state index in [1.165, 1.54) is 0 Å². The molecule has 6 nitrogen and oxygen atoms in total.